The first-order valence-corrected chi connectivity index (χ1v) is 9.13. The molecule has 0 aliphatic heterocycles. The smallest absolute Gasteiger partial charge is 0.350 e. The molecule has 132 valence electrons. The molecule has 0 fully saturated rings. The SMILES string of the molecule is COC(=O)c1sccc1-n1cccc1C(=O)C(=O)Nc1ccc(Br)cc1. The molecule has 0 atom stereocenters. The van der Waals surface area contributed by atoms with Crippen LogP contribution in [0.25, 0.3) is 5.69 Å². The molecular formula is C18H13BrN2O4S. The Kier molecular flexibility index (Phi) is 5.34. The van der Waals surface area contributed by atoms with Crippen molar-refractivity contribution in [3.8, 4) is 5.69 Å². The summed E-state index contributed by atoms with van der Waals surface area (Å²) in [4.78, 5) is 37.1. The molecule has 6 nitrogen and oxygen atoms in total. The Labute approximate surface area is 161 Å². The largest absolute Gasteiger partial charge is 0.465 e. The van der Waals surface area contributed by atoms with Crippen LogP contribution in [-0.4, -0.2) is 29.3 Å². The predicted molar refractivity (Wildman–Crippen MR) is 102 cm³/mol. The molecule has 1 N–H and O–H groups in total. The summed E-state index contributed by atoms with van der Waals surface area (Å²) in [7, 11) is 1.29. The van der Waals surface area contributed by atoms with Crippen LogP contribution < -0.4 is 5.32 Å². The number of ether oxygens (including phenoxy) is 1. The maximum Gasteiger partial charge on any atom is 0.350 e. The van der Waals surface area contributed by atoms with Crippen LogP contribution in [-0.2, 0) is 9.53 Å². The zero-order valence-electron chi connectivity index (χ0n) is 13.6. The van der Waals surface area contributed by atoms with E-state index in [9.17, 15) is 14.4 Å². The normalized spacial score (nSPS) is 10.4. The maximum absolute atomic E-state index is 12.6. The van der Waals surface area contributed by atoms with Gasteiger partial charge in [-0.3, -0.25) is 9.59 Å². The molecule has 26 heavy (non-hydrogen) atoms. The van der Waals surface area contributed by atoms with E-state index >= 15 is 0 Å². The van der Waals surface area contributed by atoms with Crippen LogP contribution in [0.3, 0.4) is 0 Å². The molecule has 0 bridgehead atoms. The lowest BCUT2D eigenvalue weighted by molar-refractivity contribution is -0.112. The summed E-state index contributed by atoms with van der Waals surface area (Å²) >= 11 is 4.51. The summed E-state index contributed by atoms with van der Waals surface area (Å²) in [6, 6.07) is 11.8. The molecule has 3 rings (SSSR count). The number of hydrogen-bond donors (Lipinski definition) is 1. The Bertz CT molecular complexity index is 975. The van der Waals surface area contributed by atoms with Gasteiger partial charge in [0.25, 0.3) is 11.7 Å². The van der Waals surface area contributed by atoms with Crippen molar-refractivity contribution in [1.29, 1.82) is 0 Å². The van der Waals surface area contributed by atoms with Gasteiger partial charge in [0.15, 0.2) is 0 Å². The first kappa shape index (κ1) is 18.1. The van der Waals surface area contributed by atoms with Crippen LogP contribution in [0.5, 0.6) is 0 Å². The van der Waals surface area contributed by atoms with Crippen LogP contribution in [0, 0.1) is 0 Å². The van der Waals surface area contributed by atoms with E-state index in [4.69, 9.17) is 4.74 Å². The number of esters is 1. The third kappa shape index (κ3) is 3.61. The average Bonchev–Trinajstić information content (AvgIpc) is 3.30. The van der Waals surface area contributed by atoms with Gasteiger partial charge in [0.05, 0.1) is 18.5 Å². The number of Topliss-reactive ketones (excluding diaryl/α,β-unsaturated/α-hetero) is 1. The van der Waals surface area contributed by atoms with Crippen molar-refractivity contribution in [2.45, 2.75) is 0 Å². The van der Waals surface area contributed by atoms with Gasteiger partial charge in [-0.25, -0.2) is 4.79 Å². The fraction of sp³-hybridized carbons (Fsp3) is 0.0556. The van der Waals surface area contributed by atoms with E-state index < -0.39 is 17.7 Å². The molecule has 0 aliphatic carbocycles. The van der Waals surface area contributed by atoms with Crippen molar-refractivity contribution in [2.75, 3.05) is 12.4 Å². The lowest BCUT2D eigenvalue weighted by atomic mass is 10.2. The number of rotatable bonds is 5. The zero-order chi connectivity index (χ0) is 18.7. The molecule has 0 unspecified atom stereocenters. The molecule has 0 saturated heterocycles. The molecule has 3 aromatic rings. The predicted octanol–water partition coefficient (Wildman–Crippen LogP) is 3.91. The summed E-state index contributed by atoms with van der Waals surface area (Å²) in [5, 5.41) is 4.29. The van der Waals surface area contributed by atoms with Crippen LogP contribution >= 0.6 is 27.3 Å². The highest BCUT2D eigenvalue weighted by molar-refractivity contribution is 9.10. The number of amides is 1. The molecule has 1 amide bonds. The standard InChI is InChI=1S/C18H13BrN2O4S/c1-25-18(24)16-14(8-10-26-16)21-9-2-3-13(21)15(22)17(23)20-12-6-4-11(19)5-7-12/h2-10H,1H3,(H,20,23). The van der Waals surface area contributed by atoms with Crippen molar-refractivity contribution in [3.63, 3.8) is 0 Å². The molecule has 0 aliphatic rings. The van der Waals surface area contributed by atoms with Gasteiger partial charge in [-0.1, -0.05) is 15.9 Å². The fourth-order valence-electron chi connectivity index (χ4n) is 2.35. The van der Waals surface area contributed by atoms with Crippen molar-refractivity contribution >= 4 is 50.6 Å². The Hall–Kier alpha value is -2.71. The van der Waals surface area contributed by atoms with E-state index in [-0.39, 0.29) is 5.69 Å². The zero-order valence-corrected chi connectivity index (χ0v) is 16.0. The molecule has 0 saturated carbocycles. The molecule has 0 radical (unpaired) electrons. The lowest BCUT2D eigenvalue weighted by Crippen LogP contribution is -2.25. The Morgan fingerprint density at radius 1 is 1.12 bits per heavy atom. The average molecular weight is 433 g/mol. The van der Waals surface area contributed by atoms with Gasteiger partial charge >= 0.3 is 5.97 Å². The molecule has 2 heterocycles. The molecule has 1 aromatic carbocycles. The third-order valence-electron chi connectivity index (χ3n) is 3.56. The number of benzene rings is 1. The summed E-state index contributed by atoms with van der Waals surface area (Å²) in [5.74, 6) is -1.97. The van der Waals surface area contributed by atoms with Crippen LogP contribution in [0.2, 0.25) is 0 Å². The molecule has 2 aromatic heterocycles. The van der Waals surface area contributed by atoms with Crippen molar-refractivity contribution in [1.82, 2.24) is 4.57 Å². The van der Waals surface area contributed by atoms with Gasteiger partial charge in [0, 0.05) is 16.4 Å². The number of aromatic nitrogens is 1. The van der Waals surface area contributed by atoms with E-state index in [0.717, 1.165) is 4.47 Å². The quantitative estimate of drug-likeness (QED) is 0.376. The number of anilines is 1. The number of methoxy groups -OCH3 is 1. The summed E-state index contributed by atoms with van der Waals surface area (Å²) in [6.45, 7) is 0. The Morgan fingerprint density at radius 3 is 2.54 bits per heavy atom. The van der Waals surface area contributed by atoms with Crippen LogP contribution in [0.15, 0.2) is 58.5 Å². The van der Waals surface area contributed by atoms with Gasteiger partial charge in [0.2, 0.25) is 0 Å². The lowest BCUT2D eigenvalue weighted by Gasteiger charge is -2.09. The summed E-state index contributed by atoms with van der Waals surface area (Å²) < 4.78 is 7.13. The minimum Gasteiger partial charge on any atom is -0.465 e. The number of ketones is 1. The number of nitrogens with zero attached hydrogens (tertiary/aromatic N) is 1. The van der Waals surface area contributed by atoms with Gasteiger partial charge in [0.1, 0.15) is 4.88 Å². The summed E-state index contributed by atoms with van der Waals surface area (Å²) in [5.41, 5.74) is 1.16. The van der Waals surface area contributed by atoms with Crippen LogP contribution in [0.4, 0.5) is 5.69 Å². The minimum atomic E-state index is -0.762. The first-order chi connectivity index (χ1) is 12.5. The fourth-order valence-corrected chi connectivity index (χ4v) is 3.42. The van der Waals surface area contributed by atoms with E-state index in [2.05, 4.69) is 21.2 Å². The van der Waals surface area contributed by atoms with Crippen LogP contribution in [0.1, 0.15) is 20.2 Å². The number of carbonyl (C=O) groups excluding carboxylic acids is 3. The van der Waals surface area contributed by atoms with E-state index in [1.165, 1.54) is 29.1 Å². The van der Waals surface area contributed by atoms with E-state index in [1.807, 2.05) is 0 Å². The van der Waals surface area contributed by atoms with Gasteiger partial charge < -0.3 is 14.6 Å². The number of carbonyl (C=O) groups is 3. The highest BCUT2D eigenvalue weighted by atomic mass is 79.9. The second kappa shape index (κ2) is 7.67. The number of thiophene rings is 1. The van der Waals surface area contributed by atoms with E-state index in [0.29, 0.717) is 16.3 Å². The van der Waals surface area contributed by atoms with Gasteiger partial charge in [-0.2, -0.15) is 0 Å². The number of hydrogen-bond acceptors (Lipinski definition) is 5. The maximum atomic E-state index is 12.6. The first-order valence-electron chi connectivity index (χ1n) is 7.46. The van der Waals surface area contributed by atoms with Crippen molar-refractivity contribution < 1.29 is 19.1 Å². The molecule has 0 spiro atoms. The van der Waals surface area contributed by atoms with Crippen molar-refractivity contribution in [3.05, 3.63) is 69.1 Å². The number of halogens is 1. The highest BCUT2D eigenvalue weighted by Crippen LogP contribution is 2.24. The summed E-state index contributed by atoms with van der Waals surface area (Å²) in [6.07, 6.45) is 1.62. The van der Waals surface area contributed by atoms with E-state index in [1.54, 1.807) is 48.0 Å². The highest BCUT2D eigenvalue weighted by Gasteiger charge is 2.23. The van der Waals surface area contributed by atoms with Gasteiger partial charge in [-0.05, 0) is 47.8 Å². The minimum absolute atomic E-state index is 0.156. The third-order valence-corrected chi connectivity index (χ3v) is 4.98. The van der Waals surface area contributed by atoms with Crippen molar-refractivity contribution in [2.24, 2.45) is 0 Å². The second-order valence-corrected chi connectivity index (χ2v) is 7.01. The topological polar surface area (TPSA) is 77.4 Å². The Balaban J connectivity index is 1.87. The van der Waals surface area contributed by atoms with Gasteiger partial charge in [-0.15, -0.1) is 11.3 Å². The monoisotopic (exact) mass is 432 g/mol. The number of nitrogens with one attached hydrogen (secondary N) is 1. The molecule has 8 heteroatoms. The second-order valence-electron chi connectivity index (χ2n) is 5.18. The molecular weight excluding hydrogens is 420 g/mol. The Morgan fingerprint density at radius 2 is 1.85 bits per heavy atom.